The summed E-state index contributed by atoms with van der Waals surface area (Å²) in [6, 6.07) is 5.22. The van der Waals surface area contributed by atoms with Crippen LogP contribution in [0.15, 0.2) is 18.2 Å². The second-order valence-electron chi connectivity index (χ2n) is 6.37. The Hall–Kier alpha value is -2.47. The largest absolute Gasteiger partial charge is 0.504 e. The van der Waals surface area contributed by atoms with E-state index in [0.717, 1.165) is 11.3 Å². The zero-order valence-corrected chi connectivity index (χ0v) is 16.2. The van der Waals surface area contributed by atoms with Gasteiger partial charge in [-0.25, -0.2) is 14.6 Å². The number of benzene rings is 1. The second kappa shape index (κ2) is 9.46. The highest BCUT2D eigenvalue weighted by molar-refractivity contribution is 7.17. The Kier molecular flexibility index (Phi) is 7.30. The molecule has 0 aliphatic carbocycles. The average molecular weight is 390 g/mol. The van der Waals surface area contributed by atoms with Crippen molar-refractivity contribution in [1.82, 2.24) is 4.98 Å². The molecule has 0 fully saturated rings. The van der Waals surface area contributed by atoms with Crippen molar-refractivity contribution in [2.45, 2.75) is 26.9 Å². The summed E-state index contributed by atoms with van der Waals surface area (Å²) in [5.74, 6) is 0.266. The molecule has 0 aliphatic heterocycles. The molecule has 2 rings (SSSR count). The van der Waals surface area contributed by atoms with E-state index in [1.165, 1.54) is 0 Å². The summed E-state index contributed by atoms with van der Waals surface area (Å²) in [6.45, 7) is 12.9. The SMILES string of the molecule is [C-]#[N+]c1cc(-c2nc(C)c(C(=O)OCC(O)CO)s2)ccc1OCC(C)C. The highest BCUT2D eigenvalue weighted by Crippen LogP contribution is 2.35. The monoisotopic (exact) mass is 390 g/mol. The molecule has 2 aromatic rings. The Bertz CT molecular complexity index is 841. The van der Waals surface area contributed by atoms with E-state index in [1.54, 1.807) is 25.1 Å². The van der Waals surface area contributed by atoms with Gasteiger partial charge < -0.3 is 19.7 Å². The Morgan fingerprint density at radius 3 is 2.74 bits per heavy atom. The quantitative estimate of drug-likeness (QED) is 0.531. The van der Waals surface area contributed by atoms with Gasteiger partial charge in [0.2, 0.25) is 5.69 Å². The molecule has 0 radical (unpaired) electrons. The van der Waals surface area contributed by atoms with Crippen molar-refractivity contribution in [1.29, 1.82) is 0 Å². The number of aromatic nitrogens is 1. The van der Waals surface area contributed by atoms with E-state index in [-0.39, 0.29) is 6.61 Å². The third-order valence-electron chi connectivity index (χ3n) is 3.50. The molecule has 8 heteroatoms. The third-order valence-corrected chi connectivity index (χ3v) is 4.68. The molecule has 144 valence electrons. The first-order chi connectivity index (χ1) is 12.8. The van der Waals surface area contributed by atoms with Gasteiger partial charge in [0, 0.05) is 5.56 Å². The number of hydrogen-bond donors (Lipinski definition) is 2. The molecule has 0 saturated carbocycles. The first-order valence-corrected chi connectivity index (χ1v) is 9.25. The van der Waals surface area contributed by atoms with E-state index in [2.05, 4.69) is 9.83 Å². The molecular weight excluding hydrogens is 368 g/mol. The molecule has 0 bridgehead atoms. The molecular formula is C19H22N2O5S. The van der Waals surface area contributed by atoms with Crippen LogP contribution in [0, 0.1) is 19.4 Å². The van der Waals surface area contributed by atoms with Crippen molar-refractivity contribution in [3.05, 3.63) is 40.2 Å². The van der Waals surface area contributed by atoms with Crippen molar-refractivity contribution in [2.75, 3.05) is 19.8 Å². The summed E-state index contributed by atoms with van der Waals surface area (Å²) in [4.78, 5) is 20.4. The van der Waals surface area contributed by atoms with E-state index < -0.39 is 18.7 Å². The van der Waals surface area contributed by atoms with Crippen LogP contribution in [0.25, 0.3) is 15.4 Å². The number of ether oxygens (including phenoxy) is 2. The predicted molar refractivity (Wildman–Crippen MR) is 102 cm³/mol. The van der Waals surface area contributed by atoms with Gasteiger partial charge in [-0.3, -0.25) is 0 Å². The summed E-state index contributed by atoms with van der Waals surface area (Å²) < 4.78 is 10.6. The molecule has 7 nitrogen and oxygen atoms in total. The number of carbonyl (C=O) groups is 1. The van der Waals surface area contributed by atoms with Crippen molar-refractivity contribution < 1.29 is 24.5 Å². The molecule has 1 atom stereocenters. The number of thiazole rings is 1. The van der Waals surface area contributed by atoms with Crippen LogP contribution in [0.1, 0.15) is 29.2 Å². The maximum absolute atomic E-state index is 12.1. The normalized spacial score (nSPS) is 11.9. The number of rotatable bonds is 8. The van der Waals surface area contributed by atoms with Crippen LogP contribution in [-0.4, -0.2) is 47.1 Å². The zero-order chi connectivity index (χ0) is 20.0. The summed E-state index contributed by atoms with van der Waals surface area (Å²) in [7, 11) is 0. The van der Waals surface area contributed by atoms with Gasteiger partial charge in [0.1, 0.15) is 28.3 Å². The van der Waals surface area contributed by atoms with Crippen LogP contribution in [0.2, 0.25) is 0 Å². The number of esters is 1. The van der Waals surface area contributed by atoms with Gasteiger partial charge in [-0.1, -0.05) is 19.9 Å². The molecule has 1 aromatic heterocycles. The molecule has 2 N–H and O–H groups in total. The maximum Gasteiger partial charge on any atom is 0.350 e. The molecule has 0 spiro atoms. The fourth-order valence-electron chi connectivity index (χ4n) is 2.12. The minimum atomic E-state index is -1.11. The number of aliphatic hydroxyl groups excluding tert-OH is 2. The smallest absolute Gasteiger partial charge is 0.350 e. The van der Waals surface area contributed by atoms with E-state index in [4.69, 9.17) is 21.2 Å². The van der Waals surface area contributed by atoms with Gasteiger partial charge in [0.15, 0.2) is 0 Å². The molecule has 1 aromatic carbocycles. The van der Waals surface area contributed by atoms with E-state index in [0.29, 0.717) is 45.1 Å². The topological polar surface area (TPSA) is 93.2 Å². The van der Waals surface area contributed by atoms with Crippen molar-refractivity contribution in [3.8, 4) is 16.3 Å². The van der Waals surface area contributed by atoms with Crippen molar-refractivity contribution >= 4 is 23.0 Å². The van der Waals surface area contributed by atoms with Gasteiger partial charge >= 0.3 is 5.97 Å². The average Bonchev–Trinajstić information content (AvgIpc) is 3.05. The van der Waals surface area contributed by atoms with Crippen molar-refractivity contribution in [3.63, 3.8) is 0 Å². The van der Waals surface area contributed by atoms with Crippen LogP contribution in [0.4, 0.5) is 5.69 Å². The number of hydrogen-bond acceptors (Lipinski definition) is 7. The number of carbonyl (C=O) groups excluding carboxylic acids is 1. The fourth-order valence-corrected chi connectivity index (χ4v) is 3.07. The molecule has 0 saturated heterocycles. The van der Waals surface area contributed by atoms with E-state index in [9.17, 15) is 9.90 Å². The van der Waals surface area contributed by atoms with Gasteiger partial charge in [0.05, 0.1) is 25.5 Å². The maximum atomic E-state index is 12.1. The van der Waals surface area contributed by atoms with Crippen LogP contribution in [-0.2, 0) is 4.74 Å². The number of aliphatic hydroxyl groups is 2. The minimum Gasteiger partial charge on any atom is -0.504 e. The molecule has 0 amide bonds. The molecule has 0 aliphatic rings. The first kappa shape index (κ1) is 20.8. The Labute approximate surface area is 162 Å². The van der Waals surface area contributed by atoms with Gasteiger partial charge in [0.25, 0.3) is 0 Å². The van der Waals surface area contributed by atoms with E-state index >= 15 is 0 Å². The second-order valence-corrected chi connectivity index (χ2v) is 7.37. The Morgan fingerprint density at radius 2 is 2.11 bits per heavy atom. The summed E-state index contributed by atoms with van der Waals surface area (Å²) in [5, 5.41) is 18.7. The highest BCUT2D eigenvalue weighted by atomic mass is 32.1. The summed E-state index contributed by atoms with van der Waals surface area (Å²) >= 11 is 1.15. The first-order valence-electron chi connectivity index (χ1n) is 8.43. The number of nitrogens with zero attached hydrogens (tertiary/aromatic N) is 2. The van der Waals surface area contributed by atoms with Crippen molar-refractivity contribution in [2.24, 2.45) is 5.92 Å². The summed E-state index contributed by atoms with van der Waals surface area (Å²) in [5.41, 5.74) is 1.60. The van der Waals surface area contributed by atoms with Gasteiger partial charge in [-0.15, -0.1) is 11.3 Å². The Morgan fingerprint density at radius 1 is 1.37 bits per heavy atom. The third kappa shape index (κ3) is 5.50. The Balaban J connectivity index is 2.21. The van der Waals surface area contributed by atoms with Crippen LogP contribution in [0.3, 0.4) is 0 Å². The number of aryl methyl sites for hydroxylation is 1. The molecule has 1 heterocycles. The van der Waals surface area contributed by atoms with Gasteiger partial charge in [-0.2, -0.15) is 0 Å². The summed E-state index contributed by atoms with van der Waals surface area (Å²) in [6.07, 6.45) is -1.11. The lowest BCUT2D eigenvalue weighted by Gasteiger charge is -2.10. The lowest BCUT2D eigenvalue weighted by atomic mass is 10.2. The van der Waals surface area contributed by atoms with Gasteiger partial charge in [-0.05, 0) is 25.0 Å². The predicted octanol–water partition coefficient (Wildman–Crippen LogP) is 3.21. The van der Waals surface area contributed by atoms with Crippen LogP contribution < -0.4 is 4.74 Å². The standard InChI is InChI=1S/C19H22N2O5S/c1-11(2)9-25-16-6-5-13(7-15(16)20-4)18-21-12(3)17(27-18)19(24)26-10-14(23)8-22/h5-7,11,14,22-23H,8-10H2,1-3H3. The minimum absolute atomic E-state index is 0.286. The van der Waals surface area contributed by atoms with E-state index in [1.807, 2.05) is 13.8 Å². The highest BCUT2D eigenvalue weighted by Gasteiger charge is 2.19. The molecule has 27 heavy (non-hydrogen) atoms. The zero-order valence-electron chi connectivity index (χ0n) is 15.4. The lowest BCUT2D eigenvalue weighted by Crippen LogP contribution is -2.21. The lowest BCUT2D eigenvalue weighted by molar-refractivity contribution is 0.00963. The molecule has 1 unspecified atom stereocenters. The van der Waals surface area contributed by atoms with Crippen LogP contribution in [0.5, 0.6) is 5.75 Å². The fraction of sp³-hybridized carbons (Fsp3) is 0.421. The van der Waals surface area contributed by atoms with Crippen LogP contribution >= 0.6 is 11.3 Å².